The van der Waals surface area contributed by atoms with E-state index in [0.717, 1.165) is 12.8 Å². The van der Waals surface area contributed by atoms with Gasteiger partial charge in [0.25, 0.3) is 0 Å². The van der Waals surface area contributed by atoms with E-state index < -0.39 is 7.12 Å². The Bertz CT molecular complexity index is 608. The molecule has 1 fully saturated rings. The quantitative estimate of drug-likeness (QED) is 0.588. The summed E-state index contributed by atoms with van der Waals surface area (Å²) in [6.07, 6.45) is 3.40. The van der Waals surface area contributed by atoms with Crippen LogP contribution < -0.4 is 10.9 Å². The normalized spacial score (nSPS) is 14.8. The van der Waals surface area contributed by atoms with Gasteiger partial charge in [-0.05, 0) is 25.0 Å². The van der Waals surface area contributed by atoms with E-state index in [1.807, 2.05) is 0 Å². The molecule has 0 unspecified atom stereocenters. The number of rotatable bonds is 3. The third-order valence-corrected chi connectivity index (χ3v) is 2.80. The number of amides is 1. The van der Waals surface area contributed by atoms with E-state index in [1.54, 1.807) is 12.3 Å². The maximum absolute atomic E-state index is 11.6. The smallest absolute Gasteiger partial charge is 0.422 e. The summed E-state index contributed by atoms with van der Waals surface area (Å²) in [4.78, 5) is 15.7. The first-order chi connectivity index (χ1) is 8.63. The van der Waals surface area contributed by atoms with Crippen molar-refractivity contribution in [1.82, 2.24) is 14.6 Å². The molecule has 1 aliphatic carbocycles. The number of anilines is 1. The molecular formula is C10H11BN4O3. The average Bonchev–Trinajstić information content (AvgIpc) is 3.09. The molecule has 0 atom stereocenters. The predicted molar refractivity (Wildman–Crippen MR) is 64.2 cm³/mol. The summed E-state index contributed by atoms with van der Waals surface area (Å²) in [5.74, 6) is 0.502. The minimum atomic E-state index is -1.62. The summed E-state index contributed by atoms with van der Waals surface area (Å²) < 4.78 is 1.40. The van der Waals surface area contributed by atoms with Crippen molar-refractivity contribution in [2.45, 2.75) is 12.8 Å². The van der Waals surface area contributed by atoms with E-state index >= 15 is 0 Å². The third-order valence-electron chi connectivity index (χ3n) is 2.80. The Morgan fingerprint density at radius 3 is 2.89 bits per heavy atom. The lowest BCUT2D eigenvalue weighted by atomic mass is 9.86. The van der Waals surface area contributed by atoms with Gasteiger partial charge in [0, 0.05) is 5.92 Å². The van der Waals surface area contributed by atoms with Crippen LogP contribution in [0.25, 0.3) is 5.65 Å². The van der Waals surface area contributed by atoms with Gasteiger partial charge in [-0.3, -0.25) is 4.79 Å². The van der Waals surface area contributed by atoms with Crippen molar-refractivity contribution >= 4 is 30.1 Å². The van der Waals surface area contributed by atoms with Crippen molar-refractivity contribution in [3.63, 3.8) is 0 Å². The highest BCUT2D eigenvalue weighted by Gasteiger charge is 2.30. The minimum absolute atomic E-state index is 0.0270. The Morgan fingerprint density at radius 1 is 1.44 bits per heavy atom. The lowest BCUT2D eigenvalue weighted by Gasteiger charge is -1.97. The molecule has 3 N–H and O–H groups in total. The summed E-state index contributed by atoms with van der Waals surface area (Å²) in [6, 6.07) is 3.08. The molecule has 1 aliphatic rings. The molecule has 0 bridgehead atoms. The van der Waals surface area contributed by atoms with Crippen LogP contribution in [0.15, 0.2) is 18.3 Å². The molecule has 0 aliphatic heterocycles. The van der Waals surface area contributed by atoms with Gasteiger partial charge in [0.05, 0.1) is 11.8 Å². The number of nitrogens with one attached hydrogen (secondary N) is 1. The van der Waals surface area contributed by atoms with Gasteiger partial charge in [-0.15, -0.1) is 0 Å². The second-order valence-corrected chi connectivity index (χ2v) is 4.32. The van der Waals surface area contributed by atoms with Crippen LogP contribution in [0.1, 0.15) is 12.8 Å². The van der Waals surface area contributed by atoms with Gasteiger partial charge in [0.1, 0.15) is 0 Å². The van der Waals surface area contributed by atoms with E-state index in [4.69, 9.17) is 10.0 Å². The zero-order chi connectivity index (χ0) is 12.7. The molecule has 2 aromatic heterocycles. The molecule has 18 heavy (non-hydrogen) atoms. The predicted octanol–water partition coefficient (Wildman–Crippen LogP) is -1.24. The van der Waals surface area contributed by atoms with E-state index in [9.17, 15) is 4.79 Å². The van der Waals surface area contributed by atoms with Crippen LogP contribution in [0, 0.1) is 5.92 Å². The molecule has 1 amide bonds. The monoisotopic (exact) mass is 246 g/mol. The summed E-state index contributed by atoms with van der Waals surface area (Å²) in [6.45, 7) is 0. The highest BCUT2D eigenvalue weighted by molar-refractivity contribution is 6.57. The van der Waals surface area contributed by atoms with Crippen molar-refractivity contribution in [2.24, 2.45) is 5.92 Å². The number of hydrogen-bond donors (Lipinski definition) is 3. The van der Waals surface area contributed by atoms with Crippen LogP contribution in [0.3, 0.4) is 0 Å². The molecule has 0 aromatic carbocycles. The Morgan fingerprint density at radius 2 is 2.22 bits per heavy atom. The summed E-state index contributed by atoms with van der Waals surface area (Å²) in [7, 11) is -1.62. The van der Waals surface area contributed by atoms with Gasteiger partial charge in [0.2, 0.25) is 5.91 Å². The van der Waals surface area contributed by atoms with Crippen molar-refractivity contribution in [3.05, 3.63) is 18.3 Å². The van der Waals surface area contributed by atoms with Crippen molar-refractivity contribution < 1.29 is 14.8 Å². The van der Waals surface area contributed by atoms with Gasteiger partial charge in [-0.25, -0.2) is 9.50 Å². The zero-order valence-electron chi connectivity index (χ0n) is 9.45. The first kappa shape index (κ1) is 11.2. The molecular weight excluding hydrogens is 235 g/mol. The number of carbonyl (C=O) groups excluding carboxylic acids is 1. The zero-order valence-corrected chi connectivity index (χ0v) is 9.45. The van der Waals surface area contributed by atoms with Gasteiger partial charge in [-0.1, -0.05) is 0 Å². The molecule has 2 heterocycles. The first-order valence-electron chi connectivity index (χ1n) is 5.67. The lowest BCUT2D eigenvalue weighted by molar-refractivity contribution is -0.117. The van der Waals surface area contributed by atoms with Crippen LogP contribution in [0.4, 0.5) is 5.82 Å². The van der Waals surface area contributed by atoms with E-state index in [1.165, 1.54) is 10.6 Å². The number of carbonyl (C=O) groups is 1. The largest absolute Gasteiger partial charge is 0.510 e. The fourth-order valence-corrected chi connectivity index (χ4v) is 1.67. The number of nitrogens with zero attached hydrogens (tertiary/aromatic N) is 3. The first-order valence-corrected chi connectivity index (χ1v) is 5.67. The summed E-state index contributed by atoms with van der Waals surface area (Å²) >= 11 is 0. The van der Waals surface area contributed by atoms with Crippen LogP contribution in [0.5, 0.6) is 0 Å². The topological polar surface area (TPSA) is 99.8 Å². The van der Waals surface area contributed by atoms with Crippen LogP contribution in [0.2, 0.25) is 0 Å². The highest BCUT2D eigenvalue weighted by Crippen LogP contribution is 2.29. The Balaban J connectivity index is 1.87. The molecule has 0 saturated heterocycles. The van der Waals surface area contributed by atoms with E-state index in [0.29, 0.717) is 11.5 Å². The maximum atomic E-state index is 11.6. The van der Waals surface area contributed by atoms with Crippen LogP contribution in [-0.2, 0) is 4.79 Å². The Hall–Kier alpha value is -1.93. The SMILES string of the molecule is O=C(Nc1cn2nc(B(O)O)ccc2n1)C1CC1. The molecule has 0 radical (unpaired) electrons. The number of aromatic nitrogens is 3. The Labute approximate surface area is 103 Å². The van der Waals surface area contributed by atoms with Gasteiger partial charge in [-0.2, -0.15) is 5.10 Å². The average molecular weight is 246 g/mol. The molecule has 2 aromatic rings. The van der Waals surface area contributed by atoms with Crippen molar-refractivity contribution in [3.8, 4) is 0 Å². The Kier molecular flexibility index (Phi) is 2.53. The second-order valence-electron chi connectivity index (χ2n) is 4.32. The van der Waals surface area contributed by atoms with Gasteiger partial charge >= 0.3 is 7.12 Å². The fraction of sp³-hybridized carbons (Fsp3) is 0.300. The number of imidazole rings is 1. The van der Waals surface area contributed by atoms with Crippen molar-refractivity contribution in [2.75, 3.05) is 5.32 Å². The maximum Gasteiger partial charge on any atom is 0.510 e. The number of hydrogen-bond acceptors (Lipinski definition) is 5. The standard InChI is InChI=1S/C10H11BN4O3/c16-10(6-1-2-6)13-8-5-15-9(12-8)4-3-7(14-15)11(17)18/h3-6,17-18H,1-2H2,(H,13,16). The minimum Gasteiger partial charge on any atom is -0.422 e. The third kappa shape index (κ3) is 2.07. The summed E-state index contributed by atoms with van der Waals surface area (Å²) in [5.41, 5.74) is 0.658. The second kappa shape index (κ2) is 4.07. The molecule has 3 rings (SSSR count). The number of fused-ring (bicyclic) bond motifs is 1. The lowest BCUT2D eigenvalue weighted by Crippen LogP contribution is -2.33. The summed E-state index contributed by atoms with van der Waals surface area (Å²) in [5, 5.41) is 24.7. The van der Waals surface area contributed by atoms with Crippen molar-refractivity contribution in [1.29, 1.82) is 0 Å². The molecule has 0 spiro atoms. The molecule has 92 valence electrons. The van der Waals surface area contributed by atoms with Gasteiger partial charge < -0.3 is 15.4 Å². The van der Waals surface area contributed by atoms with Crippen LogP contribution >= 0.6 is 0 Å². The molecule has 8 heteroatoms. The molecule has 7 nitrogen and oxygen atoms in total. The van der Waals surface area contributed by atoms with E-state index in [2.05, 4.69) is 15.4 Å². The highest BCUT2D eigenvalue weighted by atomic mass is 16.4. The fourth-order valence-electron chi connectivity index (χ4n) is 1.67. The van der Waals surface area contributed by atoms with E-state index in [-0.39, 0.29) is 17.4 Å². The van der Waals surface area contributed by atoms with Gasteiger partial charge in [0.15, 0.2) is 11.5 Å². The molecule has 1 saturated carbocycles. The van der Waals surface area contributed by atoms with Crippen LogP contribution in [-0.4, -0.2) is 37.7 Å².